The van der Waals surface area contributed by atoms with E-state index in [0.717, 1.165) is 24.8 Å². The van der Waals surface area contributed by atoms with E-state index in [-0.39, 0.29) is 5.91 Å². The van der Waals surface area contributed by atoms with Crippen LogP contribution in [0, 0.1) is 11.8 Å². The van der Waals surface area contributed by atoms with E-state index in [1.54, 1.807) is 0 Å². The SMILES string of the molecule is CC(C)C1CCCC(NC(=O)CC2CCCN2)C1. The molecule has 0 bridgehead atoms. The average Bonchev–Trinajstić information content (AvgIpc) is 2.82. The second-order valence-corrected chi connectivity index (χ2v) is 6.43. The lowest BCUT2D eigenvalue weighted by atomic mass is 9.79. The molecule has 1 saturated carbocycles. The minimum atomic E-state index is 0.254. The van der Waals surface area contributed by atoms with Crippen molar-refractivity contribution in [3.05, 3.63) is 0 Å². The van der Waals surface area contributed by atoms with Crippen LogP contribution in [0.2, 0.25) is 0 Å². The number of rotatable bonds is 4. The highest BCUT2D eigenvalue weighted by molar-refractivity contribution is 5.76. The molecule has 3 unspecified atom stereocenters. The van der Waals surface area contributed by atoms with E-state index in [1.165, 1.54) is 32.1 Å². The topological polar surface area (TPSA) is 41.1 Å². The lowest BCUT2D eigenvalue weighted by Crippen LogP contribution is -2.41. The molecule has 2 aliphatic rings. The first-order chi connectivity index (χ1) is 8.65. The molecule has 2 fully saturated rings. The second-order valence-electron chi connectivity index (χ2n) is 6.43. The van der Waals surface area contributed by atoms with Crippen LogP contribution in [-0.4, -0.2) is 24.5 Å². The second kappa shape index (κ2) is 6.55. The highest BCUT2D eigenvalue weighted by atomic mass is 16.1. The van der Waals surface area contributed by atoms with Gasteiger partial charge in [0, 0.05) is 18.5 Å². The zero-order valence-electron chi connectivity index (χ0n) is 11.9. The number of nitrogens with one attached hydrogen (secondary N) is 2. The van der Waals surface area contributed by atoms with E-state index in [2.05, 4.69) is 24.5 Å². The Kier molecular flexibility index (Phi) is 5.04. The molecule has 3 nitrogen and oxygen atoms in total. The highest BCUT2D eigenvalue weighted by Crippen LogP contribution is 2.29. The molecule has 0 aromatic heterocycles. The third kappa shape index (κ3) is 3.98. The number of hydrogen-bond acceptors (Lipinski definition) is 2. The zero-order chi connectivity index (χ0) is 13.0. The molecule has 3 atom stereocenters. The largest absolute Gasteiger partial charge is 0.353 e. The van der Waals surface area contributed by atoms with Gasteiger partial charge >= 0.3 is 0 Å². The van der Waals surface area contributed by atoms with E-state index < -0.39 is 0 Å². The van der Waals surface area contributed by atoms with Crippen LogP contribution in [0.1, 0.15) is 58.8 Å². The first-order valence-electron chi connectivity index (χ1n) is 7.68. The third-order valence-electron chi connectivity index (χ3n) is 4.62. The van der Waals surface area contributed by atoms with Gasteiger partial charge in [0.1, 0.15) is 0 Å². The van der Waals surface area contributed by atoms with Gasteiger partial charge in [-0.25, -0.2) is 0 Å². The molecule has 1 aliphatic carbocycles. The van der Waals surface area contributed by atoms with Crippen molar-refractivity contribution in [2.24, 2.45) is 11.8 Å². The summed E-state index contributed by atoms with van der Waals surface area (Å²) in [6.07, 6.45) is 8.02. The molecular formula is C15H28N2O. The van der Waals surface area contributed by atoms with Gasteiger partial charge in [0.15, 0.2) is 0 Å². The molecule has 0 spiro atoms. The summed E-state index contributed by atoms with van der Waals surface area (Å²) in [5.74, 6) is 1.80. The first kappa shape index (κ1) is 13.9. The van der Waals surface area contributed by atoms with Crippen LogP contribution >= 0.6 is 0 Å². The van der Waals surface area contributed by atoms with Crippen LogP contribution < -0.4 is 10.6 Å². The third-order valence-corrected chi connectivity index (χ3v) is 4.62. The molecule has 1 aliphatic heterocycles. The fourth-order valence-corrected chi connectivity index (χ4v) is 3.41. The van der Waals surface area contributed by atoms with Crippen molar-refractivity contribution >= 4 is 5.91 Å². The van der Waals surface area contributed by atoms with Crippen molar-refractivity contribution in [2.75, 3.05) is 6.54 Å². The van der Waals surface area contributed by atoms with Crippen molar-refractivity contribution in [2.45, 2.75) is 70.9 Å². The van der Waals surface area contributed by atoms with E-state index >= 15 is 0 Å². The predicted octanol–water partition coefficient (Wildman–Crippen LogP) is 2.46. The number of carbonyl (C=O) groups is 1. The summed E-state index contributed by atoms with van der Waals surface area (Å²) in [5, 5.41) is 6.64. The van der Waals surface area contributed by atoms with Crippen LogP contribution in [0.25, 0.3) is 0 Å². The molecule has 2 rings (SSSR count). The predicted molar refractivity (Wildman–Crippen MR) is 74.4 cm³/mol. The molecule has 0 aromatic rings. The molecule has 1 saturated heterocycles. The standard InChI is InChI=1S/C15H28N2O/c1-11(2)12-5-3-6-14(9-12)17-15(18)10-13-7-4-8-16-13/h11-14,16H,3-10H2,1-2H3,(H,17,18). The maximum absolute atomic E-state index is 12.0. The summed E-state index contributed by atoms with van der Waals surface area (Å²) in [5.41, 5.74) is 0. The van der Waals surface area contributed by atoms with Crippen molar-refractivity contribution < 1.29 is 4.79 Å². The number of hydrogen-bond donors (Lipinski definition) is 2. The van der Waals surface area contributed by atoms with Crippen molar-refractivity contribution in [3.63, 3.8) is 0 Å². The average molecular weight is 252 g/mol. The fraction of sp³-hybridized carbons (Fsp3) is 0.933. The Morgan fingerprint density at radius 2 is 2.11 bits per heavy atom. The maximum atomic E-state index is 12.0. The first-order valence-corrected chi connectivity index (χ1v) is 7.68. The van der Waals surface area contributed by atoms with Gasteiger partial charge < -0.3 is 10.6 Å². The normalized spacial score (nSPS) is 32.7. The molecule has 0 radical (unpaired) electrons. The van der Waals surface area contributed by atoms with Gasteiger partial charge in [0.25, 0.3) is 0 Å². The van der Waals surface area contributed by atoms with E-state index in [9.17, 15) is 4.79 Å². The van der Waals surface area contributed by atoms with E-state index in [0.29, 0.717) is 18.5 Å². The molecule has 104 valence electrons. The Morgan fingerprint density at radius 3 is 2.78 bits per heavy atom. The van der Waals surface area contributed by atoms with Crippen LogP contribution in [-0.2, 0) is 4.79 Å². The van der Waals surface area contributed by atoms with Crippen molar-refractivity contribution in [3.8, 4) is 0 Å². The minimum absolute atomic E-state index is 0.254. The minimum Gasteiger partial charge on any atom is -0.353 e. The molecular weight excluding hydrogens is 224 g/mol. The summed E-state index contributed by atoms with van der Waals surface area (Å²) in [4.78, 5) is 12.0. The summed E-state index contributed by atoms with van der Waals surface area (Å²) in [6, 6.07) is 0.856. The van der Waals surface area contributed by atoms with E-state index in [1.807, 2.05) is 0 Å². The van der Waals surface area contributed by atoms with Gasteiger partial charge in [-0.1, -0.05) is 26.7 Å². The zero-order valence-corrected chi connectivity index (χ0v) is 11.9. The lowest BCUT2D eigenvalue weighted by molar-refractivity contribution is -0.122. The summed E-state index contributed by atoms with van der Waals surface area (Å²) in [7, 11) is 0. The Bertz CT molecular complexity index is 272. The van der Waals surface area contributed by atoms with Gasteiger partial charge in [0.05, 0.1) is 0 Å². The molecule has 0 aromatic carbocycles. The molecule has 1 amide bonds. The summed E-state index contributed by atoms with van der Waals surface area (Å²) in [6.45, 7) is 5.69. The number of carbonyl (C=O) groups excluding carboxylic acids is 1. The highest BCUT2D eigenvalue weighted by Gasteiger charge is 2.26. The fourth-order valence-electron chi connectivity index (χ4n) is 3.41. The van der Waals surface area contributed by atoms with E-state index in [4.69, 9.17) is 0 Å². The summed E-state index contributed by atoms with van der Waals surface area (Å²) < 4.78 is 0. The smallest absolute Gasteiger partial charge is 0.221 e. The molecule has 18 heavy (non-hydrogen) atoms. The van der Waals surface area contributed by atoms with Gasteiger partial charge in [-0.15, -0.1) is 0 Å². The Labute approximate surface area is 111 Å². The van der Waals surface area contributed by atoms with Crippen LogP contribution in [0.5, 0.6) is 0 Å². The van der Waals surface area contributed by atoms with Crippen LogP contribution in [0.3, 0.4) is 0 Å². The Morgan fingerprint density at radius 1 is 1.28 bits per heavy atom. The van der Waals surface area contributed by atoms with Crippen molar-refractivity contribution in [1.29, 1.82) is 0 Å². The molecule has 1 heterocycles. The molecule has 3 heteroatoms. The number of amides is 1. The van der Waals surface area contributed by atoms with Crippen LogP contribution in [0.15, 0.2) is 0 Å². The lowest BCUT2D eigenvalue weighted by Gasteiger charge is -2.32. The quantitative estimate of drug-likeness (QED) is 0.807. The monoisotopic (exact) mass is 252 g/mol. The molecule has 2 N–H and O–H groups in total. The maximum Gasteiger partial charge on any atom is 0.221 e. The van der Waals surface area contributed by atoms with Gasteiger partial charge in [-0.05, 0) is 44.1 Å². The Balaban J connectivity index is 1.72. The van der Waals surface area contributed by atoms with Gasteiger partial charge in [0.2, 0.25) is 5.91 Å². The van der Waals surface area contributed by atoms with Gasteiger partial charge in [-0.2, -0.15) is 0 Å². The van der Waals surface area contributed by atoms with Crippen molar-refractivity contribution in [1.82, 2.24) is 10.6 Å². The Hall–Kier alpha value is -0.570. The van der Waals surface area contributed by atoms with Crippen LogP contribution in [0.4, 0.5) is 0 Å². The summed E-state index contributed by atoms with van der Waals surface area (Å²) >= 11 is 0. The van der Waals surface area contributed by atoms with Gasteiger partial charge in [-0.3, -0.25) is 4.79 Å².